The molecule has 0 saturated heterocycles. The molecule has 0 N–H and O–H groups in total. The summed E-state index contributed by atoms with van der Waals surface area (Å²) in [4.78, 5) is 2.77. The molecule has 0 atom stereocenters. The van der Waals surface area contributed by atoms with E-state index in [1.54, 1.807) is 0 Å². The van der Waals surface area contributed by atoms with Gasteiger partial charge in [0.15, 0.2) is 8.32 Å². The molecule has 0 radical (unpaired) electrons. The third-order valence-corrected chi connectivity index (χ3v) is 8.31. The topological polar surface area (TPSA) is 9.23 Å². The van der Waals surface area contributed by atoms with Crippen LogP contribution in [0.15, 0.2) is 0 Å². The van der Waals surface area contributed by atoms with Crippen molar-refractivity contribution in [2.45, 2.75) is 77.4 Å². The summed E-state index contributed by atoms with van der Waals surface area (Å²) in [5.74, 6) is 3.01. The molecular formula is C15H29BrOSi. The standard InChI is InChI=1S/C15H29BrOSi/c1-4-7-13-18(14-8-5-2,15-9-6-3)17-12-10-11-16/h4-9,12-15H2,1-3H3. The van der Waals surface area contributed by atoms with Crippen LogP contribution in [0.3, 0.4) is 0 Å². The zero-order valence-corrected chi connectivity index (χ0v) is 14.9. The van der Waals surface area contributed by atoms with Gasteiger partial charge >= 0.3 is 0 Å². The fourth-order valence-electron chi connectivity index (χ4n) is 2.30. The van der Waals surface area contributed by atoms with Gasteiger partial charge in [-0.1, -0.05) is 65.2 Å². The van der Waals surface area contributed by atoms with Gasteiger partial charge in [0.2, 0.25) is 0 Å². The third kappa shape index (κ3) is 8.34. The molecule has 0 aromatic carbocycles. The molecule has 0 rings (SSSR count). The van der Waals surface area contributed by atoms with E-state index in [1.807, 2.05) is 0 Å². The maximum absolute atomic E-state index is 6.31. The molecule has 0 fully saturated rings. The predicted molar refractivity (Wildman–Crippen MR) is 87.6 cm³/mol. The molecule has 0 aliphatic heterocycles. The highest BCUT2D eigenvalue weighted by atomic mass is 79.9. The predicted octanol–water partition coefficient (Wildman–Crippen LogP) is 5.70. The Balaban J connectivity index is 4.53. The third-order valence-electron chi connectivity index (χ3n) is 3.48. The van der Waals surface area contributed by atoms with Crippen molar-refractivity contribution in [3.8, 4) is 10.8 Å². The molecule has 0 unspecified atom stereocenters. The molecular weight excluding hydrogens is 304 g/mol. The van der Waals surface area contributed by atoms with Gasteiger partial charge in [0.1, 0.15) is 0 Å². The van der Waals surface area contributed by atoms with Gasteiger partial charge in [0.25, 0.3) is 0 Å². The van der Waals surface area contributed by atoms with Gasteiger partial charge in [0.05, 0.1) is 6.61 Å². The van der Waals surface area contributed by atoms with Crippen molar-refractivity contribution in [2.75, 3.05) is 6.61 Å². The molecule has 0 bridgehead atoms. The number of hydrogen-bond acceptors (Lipinski definition) is 1. The maximum Gasteiger partial charge on any atom is 0.194 e. The van der Waals surface area contributed by atoms with Crippen LogP contribution in [0.4, 0.5) is 0 Å². The molecule has 0 aromatic rings. The average molecular weight is 333 g/mol. The van der Waals surface area contributed by atoms with E-state index < -0.39 is 8.32 Å². The van der Waals surface area contributed by atoms with Crippen LogP contribution in [0.1, 0.15) is 59.3 Å². The highest BCUT2D eigenvalue weighted by molar-refractivity contribution is 9.12. The summed E-state index contributed by atoms with van der Waals surface area (Å²) < 4.78 is 6.31. The fraction of sp³-hybridized carbons (Fsp3) is 0.867. The highest BCUT2D eigenvalue weighted by Crippen LogP contribution is 2.29. The van der Waals surface area contributed by atoms with Crippen LogP contribution in [-0.2, 0) is 4.43 Å². The number of rotatable bonds is 11. The SMILES string of the molecule is CCCC[Si](CCCC)(CCCC)OCC#CBr. The molecule has 106 valence electrons. The van der Waals surface area contributed by atoms with E-state index in [0.29, 0.717) is 6.61 Å². The Kier molecular flexibility index (Phi) is 12.4. The average Bonchev–Trinajstić information content (AvgIpc) is 2.40. The lowest BCUT2D eigenvalue weighted by atomic mass is 10.4. The second-order valence-corrected chi connectivity index (χ2v) is 9.60. The first-order valence-corrected chi connectivity index (χ1v) is 10.8. The normalized spacial score (nSPS) is 11.1. The summed E-state index contributed by atoms with van der Waals surface area (Å²) >= 11 is 3.15. The van der Waals surface area contributed by atoms with Crippen molar-refractivity contribution in [2.24, 2.45) is 0 Å². The molecule has 18 heavy (non-hydrogen) atoms. The molecule has 0 aliphatic carbocycles. The zero-order chi connectivity index (χ0) is 13.7. The second-order valence-electron chi connectivity index (χ2n) is 5.05. The van der Waals surface area contributed by atoms with Crippen molar-refractivity contribution in [3.63, 3.8) is 0 Å². The van der Waals surface area contributed by atoms with E-state index in [-0.39, 0.29) is 0 Å². The number of halogens is 1. The van der Waals surface area contributed by atoms with E-state index in [1.165, 1.54) is 56.7 Å². The molecule has 0 aromatic heterocycles. The first kappa shape index (κ1) is 18.2. The summed E-state index contributed by atoms with van der Waals surface area (Å²) in [5, 5.41) is 0. The minimum Gasteiger partial charge on any atom is -0.406 e. The van der Waals surface area contributed by atoms with Gasteiger partial charge in [-0.05, 0) is 23.0 Å². The fourth-order valence-corrected chi connectivity index (χ4v) is 6.97. The van der Waals surface area contributed by atoms with Gasteiger partial charge in [-0.2, -0.15) is 0 Å². The second kappa shape index (κ2) is 12.3. The van der Waals surface area contributed by atoms with Gasteiger partial charge in [-0.25, -0.2) is 0 Å². The lowest BCUT2D eigenvalue weighted by Crippen LogP contribution is -2.38. The van der Waals surface area contributed by atoms with Crippen molar-refractivity contribution < 1.29 is 4.43 Å². The Hall–Kier alpha value is 0.217. The molecule has 0 aliphatic rings. The Morgan fingerprint density at radius 3 is 1.67 bits per heavy atom. The lowest BCUT2D eigenvalue weighted by molar-refractivity contribution is 0.342. The number of unbranched alkanes of at least 4 members (excludes halogenated alkanes) is 3. The van der Waals surface area contributed by atoms with Crippen molar-refractivity contribution >= 4 is 24.2 Å². The molecule has 1 nitrogen and oxygen atoms in total. The summed E-state index contributed by atoms with van der Waals surface area (Å²) in [5.41, 5.74) is 0. The minimum absolute atomic E-state index is 0.620. The summed E-state index contributed by atoms with van der Waals surface area (Å²) in [6, 6.07) is 3.98. The Bertz CT molecular complexity index is 223. The van der Waals surface area contributed by atoms with Gasteiger partial charge in [-0.3, -0.25) is 0 Å². The highest BCUT2D eigenvalue weighted by Gasteiger charge is 2.32. The Labute approximate surface area is 123 Å². The van der Waals surface area contributed by atoms with E-state index in [9.17, 15) is 0 Å². The van der Waals surface area contributed by atoms with Gasteiger partial charge < -0.3 is 4.43 Å². The van der Waals surface area contributed by atoms with E-state index >= 15 is 0 Å². The van der Waals surface area contributed by atoms with E-state index in [2.05, 4.69) is 47.5 Å². The molecule has 0 spiro atoms. The lowest BCUT2D eigenvalue weighted by Gasteiger charge is -2.31. The van der Waals surface area contributed by atoms with E-state index in [0.717, 1.165) is 0 Å². The quantitative estimate of drug-likeness (QED) is 0.348. The van der Waals surface area contributed by atoms with Crippen LogP contribution in [0.2, 0.25) is 18.1 Å². The van der Waals surface area contributed by atoms with Crippen molar-refractivity contribution in [1.29, 1.82) is 0 Å². The molecule has 0 amide bonds. The monoisotopic (exact) mass is 332 g/mol. The van der Waals surface area contributed by atoms with Crippen LogP contribution in [-0.4, -0.2) is 14.9 Å². The first-order chi connectivity index (χ1) is 8.74. The van der Waals surface area contributed by atoms with Crippen molar-refractivity contribution in [3.05, 3.63) is 0 Å². The van der Waals surface area contributed by atoms with Crippen LogP contribution in [0.25, 0.3) is 0 Å². The number of hydrogen-bond donors (Lipinski definition) is 0. The maximum atomic E-state index is 6.31. The molecule has 3 heteroatoms. The van der Waals surface area contributed by atoms with E-state index in [4.69, 9.17) is 4.43 Å². The van der Waals surface area contributed by atoms with Crippen molar-refractivity contribution in [1.82, 2.24) is 0 Å². The zero-order valence-electron chi connectivity index (χ0n) is 12.4. The molecule has 0 saturated carbocycles. The van der Waals surface area contributed by atoms with Gasteiger partial charge in [0, 0.05) is 15.9 Å². The van der Waals surface area contributed by atoms with Crippen LogP contribution in [0.5, 0.6) is 0 Å². The summed E-state index contributed by atoms with van der Waals surface area (Å²) in [6.45, 7) is 7.44. The largest absolute Gasteiger partial charge is 0.406 e. The Morgan fingerprint density at radius 1 is 0.889 bits per heavy atom. The summed E-state index contributed by atoms with van der Waals surface area (Å²) in [6.07, 6.45) is 7.80. The summed E-state index contributed by atoms with van der Waals surface area (Å²) in [7, 11) is -1.52. The molecule has 0 heterocycles. The Morgan fingerprint density at radius 2 is 1.33 bits per heavy atom. The van der Waals surface area contributed by atoms with Crippen LogP contribution < -0.4 is 0 Å². The smallest absolute Gasteiger partial charge is 0.194 e. The minimum atomic E-state index is -1.52. The van der Waals surface area contributed by atoms with Crippen LogP contribution in [0, 0.1) is 10.8 Å². The first-order valence-electron chi connectivity index (χ1n) is 7.47. The van der Waals surface area contributed by atoms with Crippen LogP contribution >= 0.6 is 15.9 Å². The van der Waals surface area contributed by atoms with Gasteiger partial charge in [-0.15, -0.1) is 0 Å².